The molecule has 1 aliphatic rings. The van der Waals surface area contributed by atoms with Crippen LogP contribution in [-0.2, 0) is 14.6 Å². The zero-order valence-corrected chi connectivity index (χ0v) is 16.1. The highest BCUT2D eigenvalue weighted by Gasteiger charge is 2.46. The molecule has 0 heterocycles. The van der Waals surface area contributed by atoms with Crippen LogP contribution in [-0.4, -0.2) is 36.6 Å². The molecule has 0 bridgehead atoms. The molecule has 0 saturated heterocycles. The fraction of sp³-hybridized carbons (Fsp3) is 0.611. The van der Waals surface area contributed by atoms with Crippen LogP contribution in [0.3, 0.4) is 0 Å². The van der Waals surface area contributed by atoms with Crippen molar-refractivity contribution in [3.8, 4) is 0 Å². The Morgan fingerprint density at radius 2 is 1.79 bits per heavy atom. The lowest BCUT2D eigenvalue weighted by molar-refractivity contribution is -0.122. The molecule has 24 heavy (non-hydrogen) atoms. The van der Waals surface area contributed by atoms with Crippen molar-refractivity contribution < 1.29 is 13.2 Å². The highest BCUT2D eigenvalue weighted by Crippen LogP contribution is 2.31. The Bertz CT molecular complexity index is 635. The van der Waals surface area contributed by atoms with Gasteiger partial charge in [0.1, 0.15) is 4.75 Å². The summed E-state index contributed by atoms with van der Waals surface area (Å²) in [5, 5.41) is 2.43. The lowest BCUT2D eigenvalue weighted by Crippen LogP contribution is -2.52. The largest absolute Gasteiger partial charge is 0.354 e. The fourth-order valence-corrected chi connectivity index (χ4v) is 5.89. The van der Waals surface area contributed by atoms with E-state index in [9.17, 15) is 13.2 Å². The molecule has 1 saturated carbocycles. The molecule has 0 spiro atoms. The summed E-state index contributed by atoms with van der Waals surface area (Å²) < 4.78 is 24.3. The molecule has 1 fully saturated rings. The highest BCUT2D eigenvalue weighted by atomic mass is 32.2. The van der Waals surface area contributed by atoms with Crippen LogP contribution in [0.15, 0.2) is 35.2 Å². The van der Waals surface area contributed by atoms with Crippen molar-refractivity contribution in [2.45, 2.75) is 60.8 Å². The second-order valence-electron chi connectivity index (χ2n) is 6.73. The zero-order valence-electron chi connectivity index (χ0n) is 14.5. The molecule has 1 aromatic carbocycles. The summed E-state index contributed by atoms with van der Waals surface area (Å²) in [7, 11) is -3.47. The Hall–Kier alpha value is -1.01. The first kappa shape index (κ1) is 19.3. The number of carbonyl (C=O) groups is 1. The molecule has 1 aliphatic carbocycles. The van der Waals surface area contributed by atoms with E-state index in [-0.39, 0.29) is 11.2 Å². The van der Waals surface area contributed by atoms with Crippen LogP contribution in [0.25, 0.3) is 0 Å². The number of thioether (sulfide) groups is 1. The second kappa shape index (κ2) is 8.39. The molecule has 134 valence electrons. The van der Waals surface area contributed by atoms with E-state index in [1.165, 1.54) is 13.8 Å². The van der Waals surface area contributed by atoms with Crippen LogP contribution < -0.4 is 5.32 Å². The first-order chi connectivity index (χ1) is 11.4. The normalized spacial score (nSPS) is 16.8. The number of sulfone groups is 1. The molecule has 6 heteroatoms. The SMILES string of the molecule is CC(C)(C(=O)NCCSc1ccccc1)S(=O)(=O)C1CCCCC1. The quantitative estimate of drug-likeness (QED) is 0.591. The molecule has 1 N–H and O–H groups in total. The van der Waals surface area contributed by atoms with E-state index in [4.69, 9.17) is 0 Å². The molecule has 0 unspecified atom stereocenters. The minimum Gasteiger partial charge on any atom is -0.354 e. The smallest absolute Gasteiger partial charge is 0.240 e. The van der Waals surface area contributed by atoms with Crippen LogP contribution in [0.4, 0.5) is 0 Å². The van der Waals surface area contributed by atoms with Gasteiger partial charge in [-0.05, 0) is 38.8 Å². The van der Waals surface area contributed by atoms with E-state index in [0.717, 1.165) is 29.9 Å². The molecule has 0 aromatic heterocycles. The average Bonchev–Trinajstić information content (AvgIpc) is 2.60. The third-order valence-electron chi connectivity index (χ3n) is 4.65. The van der Waals surface area contributed by atoms with Crippen LogP contribution in [0.1, 0.15) is 46.0 Å². The molecular formula is C18H27NO3S2. The third kappa shape index (κ3) is 4.54. The first-order valence-electron chi connectivity index (χ1n) is 8.55. The first-order valence-corrected chi connectivity index (χ1v) is 11.1. The summed E-state index contributed by atoms with van der Waals surface area (Å²) in [4.78, 5) is 13.6. The Labute approximate surface area is 149 Å². The highest BCUT2D eigenvalue weighted by molar-refractivity contribution is 7.99. The van der Waals surface area contributed by atoms with Crippen molar-refractivity contribution in [3.63, 3.8) is 0 Å². The van der Waals surface area contributed by atoms with Crippen molar-refractivity contribution in [3.05, 3.63) is 30.3 Å². The van der Waals surface area contributed by atoms with E-state index in [2.05, 4.69) is 5.32 Å². The summed E-state index contributed by atoms with van der Waals surface area (Å²) in [6.45, 7) is 3.54. The predicted molar refractivity (Wildman–Crippen MR) is 100 cm³/mol. The summed E-state index contributed by atoms with van der Waals surface area (Å²) in [5.41, 5.74) is 0. The van der Waals surface area contributed by atoms with E-state index >= 15 is 0 Å². The number of hydrogen-bond donors (Lipinski definition) is 1. The number of amides is 1. The maximum absolute atomic E-state index is 12.8. The zero-order chi connectivity index (χ0) is 17.6. The van der Waals surface area contributed by atoms with Gasteiger partial charge < -0.3 is 5.32 Å². The number of nitrogens with one attached hydrogen (secondary N) is 1. The molecule has 2 rings (SSSR count). The number of carbonyl (C=O) groups excluding carboxylic acids is 1. The van der Waals surface area contributed by atoms with Crippen molar-refractivity contribution in [2.24, 2.45) is 0 Å². The van der Waals surface area contributed by atoms with Gasteiger partial charge in [0.25, 0.3) is 0 Å². The average molecular weight is 370 g/mol. The lowest BCUT2D eigenvalue weighted by Gasteiger charge is -2.31. The fourth-order valence-electron chi connectivity index (χ4n) is 2.98. The second-order valence-corrected chi connectivity index (χ2v) is 10.7. The van der Waals surface area contributed by atoms with Gasteiger partial charge in [-0.15, -0.1) is 11.8 Å². The molecule has 0 radical (unpaired) electrons. The molecule has 1 aromatic rings. The van der Waals surface area contributed by atoms with Gasteiger partial charge in [-0.3, -0.25) is 4.79 Å². The molecule has 1 amide bonds. The maximum Gasteiger partial charge on any atom is 0.240 e. The van der Waals surface area contributed by atoms with E-state index in [0.29, 0.717) is 19.4 Å². The topological polar surface area (TPSA) is 63.2 Å². The van der Waals surface area contributed by atoms with Gasteiger partial charge >= 0.3 is 0 Å². The predicted octanol–water partition coefficient (Wildman–Crippen LogP) is 3.42. The van der Waals surface area contributed by atoms with Gasteiger partial charge in [0.05, 0.1) is 5.25 Å². The minimum absolute atomic E-state index is 0.370. The van der Waals surface area contributed by atoms with Crippen LogP contribution >= 0.6 is 11.8 Å². The minimum atomic E-state index is -3.47. The Balaban J connectivity index is 1.87. The van der Waals surface area contributed by atoms with Gasteiger partial charge in [-0.1, -0.05) is 37.5 Å². The summed E-state index contributed by atoms with van der Waals surface area (Å²) in [6.07, 6.45) is 4.34. The van der Waals surface area contributed by atoms with Crippen molar-refractivity contribution >= 4 is 27.5 Å². The number of rotatable bonds is 7. The van der Waals surface area contributed by atoms with Crippen molar-refractivity contribution in [1.29, 1.82) is 0 Å². The Morgan fingerprint density at radius 1 is 1.17 bits per heavy atom. The van der Waals surface area contributed by atoms with Gasteiger partial charge in [0, 0.05) is 17.2 Å². The van der Waals surface area contributed by atoms with Crippen LogP contribution in [0.5, 0.6) is 0 Å². The van der Waals surface area contributed by atoms with E-state index < -0.39 is 14.6 Å². The number of benzene rings is 1. The van der Waals surface area contributed by atoms with Crippen LogP contribution in [0, 0.1) is 0 Å². The third-order valence-corrected chi connectivity index (χ3v) is 8.62. The van der Waals surface area contributed by atoms with Gasteiger partial charge in [-0.2, -0.15) is 0 Å². The molecular weight excluding hydrogens is 342 g/mol. The summed E-state index contributed by atoms with van der Waals surface area (Å²) >= 11 is 1.64. The molecule has 4 nitrogen and oxygen atoms in total. The number of hydrogen-bond acceptors (Lipinski definition) is 4. The van der Waals surface area contributed by atoms with Crippen molar-refractivity contribution in [2.75, 3.05) is 12.3 Å². The monoisotopic (exact) mass is 369 g/mol. The van der Waals surface area contributed by atoms with E-state index in [1.807, 2.05) is 30.3 Å². The standard InChI is InChI=1S/C18H27NO3S2/c1-18(2,24(21,22)16-11-7-4-8-12-16)17(20)19-13-14-23-15-9-5-3-6-10-15/h3,5-6,9-10,16H,4,7-8,11-14H2,1-2H3,(H,19,20). The van der Waals surface area contributed by atoms with Gasteiger partial charge in [0.2, 0.25) is 5.91 Å². The summed E-state index contributed by atoms with van der Waals surface area (Å²) in [6, 6.07) is 9.94. The maximum atomic E-state index is 12.8. The Kier molecular flexibility index (Phi) is 6.75. The summed E-state index contributed by atoms with van der Waals surface area (Å²) in [5.74, 6) is 0.330. The van der Waals surface area contributed by atoms with Crippen molar-refractivity contribution in [1.82, 2.24) is 5.32 Å². The van der Waals surface area contributed by atoms with Crippen LogP contribution in [0.2, 0.25) is 0 Å². The van der Waals surface area contributed by atoms with Gasteiger partial charge in [0.15, 0.2) is 9.84 Å². The lowest BCUT2D eigenvalue weighted by atomic mass is 10.0. The Morgan fingerprint density at radius 3 is 2.42 bits per heavy atom. The van der Waals surface area contributed by atoms with E-state index in [1.54, 1.807) is 11.8 Å². The molecule has 0 atom stereocenters. The van der Waals surface area contributed by atoms with Gasteiger partial charge in [-0.25, -0.2) is 8.42 Å². The molecule has 0 aliphatic heterocycles.